The van der Waals surface area contributed by atoms with Gasteiger partial charge in [-0.1, -0.05) is 15.9 Å². The van der Waals surface area contributed by atoms with Gasteiger partial charge in [0, 0.05) is 14.9 Å². The molecule has 1 unspecified atom stereocenters. The molecular formula is C12H10BrNO3S. The molecule has 1 saturated heterocycles. The van der Waals surface area contributed by atoms with Crippen LogP contribution in [0.1, 0.15) is 23.7 Å². The highest BCUT2D eigenvalue weighted by Gasteiger charge is 2.36. The monoisotopic (exact) mass is 327 g/mol. The number of alkyl carbamates (subject to hydrolysis) is 1. The van der Waals surface area contributed by atoms with Crippen LogP contribution in [-0.2, 0) is 16.0 Å². The molecule has 18 heavy (non-hydrogen) atoms. The van der Waals surface area contributed by atoms with Gasteiger partial charge in [-0.05, 0) is 36.3 Å². The second kappa shape index (κ2) is 4.59. The number of aryl methyl sites for hydroxylation is 1. The van der Waals surface area contributed by atoms with Gasteiger partial charge >= 0.3 is 6.09 Å². The third kappa shape index (κ3) is 2.03. The van der Waals surface area contributed by atoms with Crippen molar-refractivity contribution in [2.45, 2.75) is 23.8 Å². The molecule has 0 spiro atoms. The van der Waals surface area contributed by atoms with E-state index in [1.54, 1.807) is 11.8 Å². The van der Waals surface area contributed by atoms with Crippen molar-refractivity contribution < 1.29 is 14.3 Å². The summed E-state index contributed by atoms with van der Waals surface area (Å²) in [6.07, 6.45) is 0.648. The molecule has 94 valence electrons. The van der Waals surface area contributed by atoms with E-state index in [9.17, 15) is 9.59 Å². The minimum absolute atomic E-state index is 0.383. The zero-order valence-corrected chi connectivity index (χ0v) is 11.8. The van der Waals surface area contributed by atoms with Crippen molar-refractivity contribution in [3.63, 3.8) is 0 Å². The lowest BCUT2D eigenvalue weighted by molar-refractivity contribution is -0.123. The van der Waals surface area contributed by atoms with Crippen LogP contribution in [0.5, 0.6) is 0 Å². The Morgan fingerprint density at radius 1 is 1.39 bits per heavy atom. The molecule has 2 aliphatic heterocycles. The molecule has 1 N–H and O–H groups in total. The van der Waals surface area contributed by atoms with Crippen LogP contribution in [0.15, 0.2) is 21.5 Å². The first-order valence-electron chi connectivity index (χ1n) is 5.62. The SMILES string of the molecule is O=C1NC(=O)C(c2cc(Br)cc3c2SCCC3)O1. The Bertz CT molecular complexity index is 546. The van der Waals surface area contributed by atoms with Crippen molar-refractivity contribution in [3.8, 4) is 0 Å². The summed E-state index contributed by atoms with van der Waals surface area (Å²) >= 11 is 5.16. The van der Waals surface area contributed by atoms with E-state index in [1.807, 2.05) is 6.07 Å². The van der Waals surface area contributed by atoms with Gasteiger partial charge in [-0.15, -0.1) is 11.8 Å². The van der Waals surface area contributed by atoms with Gasteiger partial charge < -0.3 is 4.74 Å². The van der Waals surface area contributed by atoms with Crippen molar-refractivity contribution in [1.82, 2.24) is 5.32 Å². The van der Waals surface area contributed by atoms with Crippen LogP contribution < -0.4 is 5.32 Å². The second-order valence-corrected chi connectivity index (χ2v) is 6.23. The maximum Gasteiger partial charge on any atom is 0.415 e. The lowest BCUT2D eigenvalue weighted by atomic mass is 10.0. The number of benzene rings is 1. The first-order chi connectivity index (χ1) is 8.65. The average Bonchev–Trinajstić information content (AvgIpc) is 2.67. The predicted octanol–water partition coefficient (Wildman–Crippen LogP) is 2.79. The second-order valence-electron chi connectivity index (χ2n) is 4.21. The van der Waals surface area contributed by atoms with Crippen LogP contribution in [0.3, 0.4) is 0 Å². The molecule has 0 aromatic heterocycles. The minimum atomic E-state index is -0.811. The number of hydrogen-bond acceptors (Lipinski definition) is 4. The van der Waals surface area contributed by atoms with Crippen molar-refractivity contribution in [3.05, 3.63) is 27.7 Å². The summed E-state index contributed by atoms with van der Waals surface area (Å²) in [7, 11) is 0. The zero-order valence-electron chi connectivity index (χ0n) is 9.36. The Hall–Kier alpha value is -1.01. The van der Waals surface area contributed by atoms with Gasteiger partial charge in [-0.3, -0.25) is 10.1 Å². The minimum Gasteiger partial charge on any atom is -0.431 e. The topological polar surface area (TPSA) is 55.4 Å². The quantitative estimate of drug-likeness (QED) is 0.861. The fraction of sp³-hybridized carbons (Fsp3) is 0.333. The number of hydrogen-bond donors (Lipinski definition) is 1. The normalized spacial score (nSPS) is 22.4. The van der Waals surface area contributed by atoms with E-state index < -0.39 is 12.2 Å². The fourth-order valence-corrected chi connectivity index (χ4v) is 3.92. The van der Waals surface area contributed by atoms with Crippen molar-refractivity contribution in [1.29, 1.82) is 0 Å². The van der Waals surface area contributed by atoms with E-state index in [2.05, 4.69) is 27.3 Å². The lowest BCUT2D eigenvalue weighted by Crippen LogP contribution is -2.21. The number of nitrogens with one attached hydrogen (secondary N) is 1. The number of rotatable bonds is 1. The van der Waals surface area contributed by atoms with E-state index in [0.29, 0.717) is 0 Å². The number of fused-ring (bicyclic) bond motifs is 1. The number of carbonyl (C=O) groups is 2. The largest absolute Gasteiger partial charge is 0.431 e. The van der Waals surface area contributed by atoms with E-state index in [-0.39, 0.29) is 5.91 Å². The third-order valence-electron chi connectivity index (χ3n) is 2.97. The van der Waals surface area contributed by atoms with E-state index >= 15 is 0 Å². The molecule has 6 heteroatoms. The van der Waals surface area contributed by atoms with Crippen molar-refractivity contribution in [2.75, 3.05) is 5.75 Å². The van der Waals surface area contributed by atoms with Gasteiger partial charge in [0.2, 0.25) is 6.10 Å². The molecule has 1 aromatic carbocycles. The summed E-state index contributed by atoms with van der Waals surface area (Å²) in [6, 6.07) is 3.93. The van der Waals surface area contributed by atoms with E-state index in [0.717, 1.165) is 33.5 Å². The molecule has 0 saturated carbocycles. The van der Waals surface area contributed by atoms with Gasteiger partial charge in [0.1, 0.15) is 0 Å². The molecule has 4 nitrogen and oxygen atoms in total. The molecule has 1 aromatic rings. The molecule has 3 rings (SSSR count). The maximum absolute atomic E-state index is 11.7. The molecule has 0 radical (unpaired) electrons. The Labute approximate surface area is 117 Å². The molecule has 0 bridgehead atoms. The van der Waals surface area contributed by atoms with Crippen molar-refractivity contribution >= 4 is 39.7 Å². The van der Waals surface area contributed by atoms with E-state index in [4.69, 9.17) is 4.74 Å². The Kier molecular flexibility index (Phi) is 3.07. The van der Waals surface area contributed by atoms with Gasteiger partial charge in [0.15, 0.2) is 0 Å². The van der Waals surface area contributed by atoms with Gasteiger partial charge in [0.25, 0.3) is 5.91 Å². The summed E-state index contributed by atoms with van der Waals surface area (Å²) in [6.45, 7) is 0. The molecule has 1 atom stereocenters. The molecule has 2 heterocycles. The zero-order chi connectivity index (χ0) is 12.7. The van der Waals surface area contributed by atoms with Gasteiger partial charge in [0.05, 0.1) is 0 Å². The fourth-order valence-electron chi connectivity index (χ4n) is 2.23. The van der Waals surface area contributed by atoms with Crippen LogP contribution in [-0.4, -0.2) is 17.8 Å². The lowest BCUT2D eigenvalue weighted by Gasteiger charge is -2.21. The van der Waals surface area contributed by atoms with Crippen molar-refractivity contribution in [2.24, 2.45) is 0 Å². The molecule has 0 aliphatic carbocycles. The molecular weight excluding hydrogens is 318 g/mol. The third-order valence-corrected chi connectivity index (χ3v) is 4.70. The summed E-state index contributed by atoms with van der Waals surface area (Å²) in [5.74, 6) is 0.649. The number of imide groups is 1. The number of amides is 2. The van der Waals surface area contributed by atoms with E-state index in [1.165, 1.54) is 5.56 Å². The first-order valence-corrected chi connectivity index (χ1v) is 7.39. The average molecular weight is 328 g/mol. The highest BCUT2D eigenvalue weighted by Crippen LogP contribution is 2.40. The Morgan fingerprint density at radius 3 is 2.94 bits per heavy atom. The van der Waals surface area contributed by atoms with Crippen LogP contribution >= 0.6 is 27.7 Å². The van der Waals surface area contributed by atoms with Crippen LogP contribution in [0, 0.1) is 0 Å². The standard InChI is InChI=1S/C12H10BrNO3S/c13-7-4-6-2-1-3-18-10(6)8(5-7)9-11(15)14-12(16)17-9/h4-5,9H,1-3H2,(H,14,15,16). The maximum atomic E-state index is 11.7. The number of thioether (sulfide) groups is 1. The summed E-state index contributed by atoms with van der Waals surface area (Å²) in [5.41, 5.74) is 2.00. The number of carbonyl (C=O) groups excluding carboxylic acids is 2. The highest BCUT2D eigenvalue weighted by molar-refractivity contribution is 9.10. The van der Waals surface area contributed by atoms with Crippen LogP contribution in [0.2, 0.25) is 0 Å². The Morgan fingerprint density at radius 2 is 2.22 bits per heavy atom. The molecule has 2 aliphatic rings. The highest BCUT2D eigenvalue weighted by atomic mass is 79.9. The number of halogens is 1. The van der Waals surface area contributed by atoms with Crippen LogP contribution in [0.25, 0.3) is 0 Å². The summed E-state index contributed by atoms with van der Waals surface area (Å²) in [4.78, 5) is 23.9. The molecule has 2 amide bonds. The molecule has 1 fully saturated rings. The van der Waals surface area contributed by atoms with Gasteiger partial charge in [-0.2, -0.15) is 0 Å². The number of cyclic esters (lactones) is 1. The Balaban J connectivity index is 2.08. The summed E-state index contributed by atoms with van der Waals surface area (Å²) < 4.78 is 5.96. The smallest absolute Gasteiger partial charge is 0.415 e. The summed E-state index contributed by atoms with van der Waals surface area (Å²) in [5, 5.41) is 2.17. The predicted molar refractivity (Wildman–Crippen MR) is 70.6 cm³/mol. The van der Waals surface area contributed by atoms with Crippen LogP contribution in [0.4, 0.5) is 4.79 Å². The number of ether oxygens (including phenoxy) is 1. The van der Waals surface area contributed by atoms with Gasteiger partial charge in [-0.25, -0.2) is 4.79 Å². The first kappa shape index (κ1) is 12.0.